The predicted octanol–water partition coefficient (Wildman–Crippen LogP) is 3.80. The van der Waals surface area contributed by atoms with Crippen molar-refractivity contribution in [3.05, 3.63) is 71.9 Å². The number of hydrogen-bond acceptors (Lipinski definition) is 6. The largest absolute Gasteiger partial charge is 0.347 e. The van der Waals surface area contributed by atoms with Crippen molar-refractivity contribution in [3.63, 3.8) is 0 Å². The molecule has 2 N–H and O–H groups in total. The number of nitrogens with zero attached hydrogens (tertiary/aromatic N) is 3. The van der Waals surface area contributed by atoms with E-state index in [0.29, 0.717) is 22.9 Å². The number of carbonyl (C=O) groups is 1. The van der Waals surface area contributed by atoms with E-state index in [-0.39, 0.29) is 17.2 Å². The topological polar surface area (TPSA) is 117 Å². The highest BCUT2D eigenvalue weighted by Gasteiger charge is 2.15. The number of amides is 1. The summed E-state index contributed by atoms with van der Waals surface area (Å²) in [5.74, 6) is -0.188. The zero-order valence-electron chi connectivity index (χ0n) is 16.1. The standard InChI is InChI=1S/C21H17N5O3S2/c22-14-15-1-6-19-16(13-15)7-10-26(19)11-8-20(27)24-17-2-4-18(5-3-17)31(28,29)25-21-23-9-12-30-21/h1-7,9-10,12-13H,8,11H2,(H,23,25)(H,24,27). The summed E-state index contributed by atoms with van der Waals surface area (Å²) in [4.78, 5) is 16.3. The van der Waals surface area contributed by atoms with Gasteiger partial charge in [-0.25, -0.2) is 13.4 Å². The molecular formula is C21H17N5O3S2. The molecule has 0 aliphatic carbocycles. The molecule has 2 aromatic heterocycles. The third-order valence-electron chi connectivity index (χ3n) is 4.58. The summed E-state index contributed by atoms with van der Waals surface area (Å²) in [5, 5.41) is 14.7. The molecule has 0 saturated carbocycles. The Morgan fingerprint density at radius 1 is 1.16 bits per heavy atom. The SMILES string of the molecule is N#Cc1ccc2c(ccn2CCC(=O)Nc2ccc(S(=O)(=O)Nc3nccs3)cc2)c1. The van der Waals surface area contributed by atoms with Gasteiger partial charge in [0, 0.05) is 47.3 Å². The van der Waals surface area contributed by atoms with Gasteiger partial charge in [-0.15, -0.1) is 11.3 Å². The normalized spacial score (nSPS) is 11.2. The van der Waals surface area contributed by atoms with Crippen LogP contribution in [0.3, 0.4) is 0 Å². The molecule has 0 aliphatic rings. The number of benzene rings is 2. The summed E-state index contributed by atoms with van der Waals surface area (Å²) >= 11 is 1.19. The van der Waals surface area contributed by atoms with Crippen molar-refractivity contribution in [2.75, 3.05) is 10.0 Å². The van der Waals surface area contributed by atoms with E-state index in [1.165, 1.54) is 29.7 Å². The van der Waals surface area contributed by atoms with Crippen LogP contribution in [0, 0.1) is 11.3 Å². The lowest BCUT2D eigenvalue weighted by molar-refractivity contribution is -0.116. The van der Waals surface area contributed by atoms with Gasteiger partial charge in [0.25, 0.3) is 10.0 Å². The molecule has 0 spiro atoms. The van der Waals surface area contributed by atoms with Crippen molar-refractivity contribution in [1.29, 1.82) is 5.26 Å². The van der Waals surface area contributed by atoms with Crippen LogP contribution in [0.15, 0.2) is 71.2 Å². The molecule has 0 fully saturated rings. The lowest BCUT2D eigenvalue weighted by atomic mass is 10.2. The van der Waals surface area contributed by atoms with Gasteiger partial charge in [0.2, 0.25) is 5.91 Å². The summed E-state index contributed by atoms with van der Waals surface area (Å²) in [5.41, 5.74) is 2.05. The van der Waals surface area contributed by atoms with E-state index in [2.05, 4.69) is 21.1 Å². The van der Waals surface area contributed by atoms with Gasteiger partial charge in [0.05, 0.1) is 16.5 Å². The molecule has 10 heteroatoms. The Morgan fingerprint density at radius 2 is 1.97 bits per heavy atom. The van der Waals surface area contributed by atoms with E-state index in [9.17, 15) is 13.2 Å². The number of thiazole rings is 1. The molecule has 0 bridgehead atoms. The van der Waals surface area contributed by atoms with Crippen LogP contribution >= 0.6 is 11.3 Å². The number of anilines is 2. The Labute approximate surface area is 182 Å². The number of hydrogen-bond donors (Lipinski definition) is 2. The molecule has 31 heavy (non-hydrogen) atoms. The fourth-order valence-corrected chi connectivity index (χ4v) is 4.86. The van der Waals surface area contributed by atoms with Gasteiger partial charge in [0.15, 0.2) is 5.13 Å². The first-order valence-electron chi connectivity index (χ1n) is 9.26. The molecule has 2 heterocycles. The molecule has 0 radical (unpaired) electrons. The van der Waals surface area contributed by atoms with Gasteiger partial charge >= 0.3 is 0 Å². The van der Waals surface area contributed by atoms with Crippen LogP contribution in [0.4, 0.5) is 10.8 Å². The minimum absolute atomic E-state index is 0.0799. The maximum atomic E-state index is 12.4. The average Bonchev–Trinajstić information content (AvgIpc) is 3.41. The first-order chi connectivity index (χ1) is 14.9. The molecule has 156 valence electrons. The summed E-state index contributed by atoms with van der Waals surface area (Å²) in [6.45, 7) is 0.478. The van der Waals surface area contributed by atoms with Crippen LogP contribution in [-0.2, 0) is 21.4 Å². The van der Waals surface area contributed by atoms with Gasteiger partial charge < -0.3 is 9.88 Å². The maximum absolute atomic E-state index is 12.4. The number of rotatable bonds is 7. The Kier molecular flexibility index (Phi) is 5.70. The minimum atomic E-state index is -3.73. The van der Waals surface area contributed by atoms with Gasteiger partial charge in [-0.1, -0.05) is 0 Å². The van der Waals surface area contributed by atoms with E-state index in [4.69, 9.17) is 5.26 Å². The van der Waals surface area contributed by atoms with E-state index in [0.717, 1.165) is 10.9 Å². The monoisotopic (exact) mass is 451 g/mol. The maximum Gasteiger partial charge on any atom is 0.263 e. The van der Waals surface area contributed by atoms with Crippen molar-refractivity contribution in [3.8, 4) is 6.07 Å². The van der Waals surface area contributed by atoms with Crippen LogP contribution in [-0.4, -0.2) is 23.9 Å². The van der Waals surface area contributed by atoms with Crippen LogP contribution < -0.4 is 10.0 Å². The summed E-state index contributed by atoms with van der Waals surface area (Å²) in [6, 6.07) is 15.4. The van der Waals surface area contributed by atoms with Crippen molar-refractivity contribution in [1.82, 2.24) is 9.55 Å². The molecule has 4 aromatic rings. The van der Waals surface area contributed by atoms with Crippen molar-refractivity contribution in [2.24, 2.45) is 0 Å². The molecule has 2 aromatic carbocycles. The number of sulfonamides is 1. The molecule has 0 saturated heterocycles. The van der Waals surface area contributed by atoms with Crippen LogP contribution in [0.25, 0.3) is 10.9 Å². The summed E-state index contributed by atoms with van der Waals surface area (Å²) in [6.07, 6.45) is 3.64. The van der Waals surface area contributed by atoms with E-state index in [1.54, 1.807) is 23.6 Å². The lowest BCUT2D eigenvalue weighted by Crippen LogP contribution is -2.15. The number of aromatic nitrogens is 2. The molecule has 0 unspecified atom stereocenters. The van der Waals surface area contributed by atoms with Gasteiger partial charge in [-0.3, -0.25) is 9.52 Å². The van der Waals surface area contributed by atoms with Crippen molar-refractivity contribution in [2.45, 2.75) is 17.9 Å². The average molecular weight is 452 g/mol. The van der Waals surface area contributed by atoms with Crippen molar-refractivity contribution >= 4 is 49.0 Å². The highest BCUT2D eigenvalue weighted by atomic mass is 32.2. The van der Waals surface area contributed by atoms with Crippen LogP contribution in [0.2, 0.25) is 0 Å². The first kappa shape index (κ1) is 20.6. The zero-order valence-corrected chi connectivity index (χ0v) is 17.8. The van der Waals surface area contributed by atoms with E-state index >= 15 is 0 Å². The van der Waals surface area contributed by atoms with Gasteiger partial charge in [0.1, 0.15) is 0 Å². The Balaban J connectivity index is 1.36. The van der Waals surface area contributed by atoms with Gasteiger partial charge in [-0.2, -0.15) is 5.26 Å². The third-order valence-corrected chi connectivity index (χ3v) is 6.75. The fourth-order valence-electron chi connectivity index (χ4n) is 3.08. The van der Waals surface area contributed by atoms with Gasteiger partial charge in [-0.05, 0) is 48.5 Å². The molecular weight excluding hydrogens is 434 g/mol. The number of fused-ring (bicyclic) bond motifs is 1. The van der Waals surface area contributed by atoms with Crippen LogP contribution in [0.1, 0.15) is 12.0 Å². The molecule has 0 atom stereocenters. The predicted molar refractivity (Wildman–Crippen MR) is 119 cm³/mol. The number of nitriles is 1. The number of aryl methyl sites for hydroxylation is 1. The number of carbonyl (C=O) groups excluding carboxylic acids is 1. The van der Waals surface area contributed by atoms with E-state index in [1.807, 2.05) is 29.0 Å². The minimum Gasteiger partial charge on any atom is -0.347 e. The van der Waals surface area contributed by atoms with Crippen LogP contribution in [0.5, 0.6) is 0 Å². The second-order valence-corrected chi connectivity index (χ2v) is 9.24. The summed E-state index contributed by atoms with van der Waals surface area (Å²) in [7, 11) is -3.73. The fraction of sp³-hybridized carbons (Fsp3) is 0.0952. The highest BCUT2D eigenvalue weighted by Crippen LogP contribution is 2.20. The lowest BCUT2D eigenvalue weighted by Gasteiger charge is -2.09. The molecule has 4 rings (SSSR count). The molecule has 8 nitrogen and oxygen atoms in total. The molecule has 0 aliphatic heterocycles. The smallest absolute Gasteiger partial charge is 0.263 e. The zero-order chi connectivity index (χ0) is 21.8. The Bertz CT molecular complexity index is 1370. The van der Waals surface area contributed by atoms with E-state index < -0.39 is 10.0 Å². The summed E-state index contributed by atoms with van der Waals surface area (Å²) < 4.78 is 29.1. The molecule has 1 amide bonds. The first-order valence-corrected chi connectivity index (χ1v) is 11.6. The quantitative estimate of drug-likeness (QED) is 0.443. The Hall–Kier alpha value is -3.68. The second kappa shape index (κ2) is 8.59. The second-order valence-electron chi connectivity index (χ2n) is 6.66. The third kappa shape index (κ3) is 4.74. The van der Waals surface area contributed by atoms with Crippen molar-refractivity contribution < 1.29 is 13.2 Å². The highest BCUT2D eigenvalue weighted by molar-refractivity contribution is 7.93. The number of nitrogens with one attached hydrogen (secondary N) is 2. The Morgan fingerprint density at radius 3 is 2.68 bits per heavy atom.